The van der Waals surface area contributed by atoms with Crippen LogP contribution in [-0.4, -0.2) is 33.8 Å². The lowest BCUT2D eigenvalue weighted by atomic mass is 9.87. The van der Waals surface area contributed by atoms with E-state index in [1.54, 1.807) is 22.2 Å². The normalized spacial score (nSPS) is 15.7. The Labute approximate surface area is 168 Å². The minimum Gasteiger partial charge on any atom is -0.324 e. The molecule has 1 aliphatic rings. The highest BCUT2D eigenvalue weighted by Crippen LogP contribution is 2.29. The molecule has 1 aromatic carbocycles. The molecule has 8 heteroatoms. The fourth-order valence-electron chi connectivity index (χ4n) is 3.39. The molecule has 1 amide bonds. The lowest BCUT2D eigenvalue weighted by molar-refractivity contribution is -0.126. The maximum atomic E-state index is 13.1. The first-order valence-electron chi connectivity index (χ1n) is 8.72. The summed E-state index contributed by atoms with van der Waals surface area (Å²) < 4.78 is 1.80. The van der Waals surface area contributed by atoms with Gasteiger partial charge in [-0.25, -0.2) is 4.98 Å². The summed E-state index contributed by atoms with van der Waals surface area (Å²) in [5.74, 6) is -0.0139. The van der Waals surface area contributed by atoms with Crippen LogP contribution in [0.5, 0.6) is 0 Å². The van der Waals surface area contributed by atoms with Gasteiger partial charge >= 0.3 is 0 Å². The lowest BCUT2D eigenvalue weighted by Crippen LogP contribution is -2.52. The van der Waals surface area contributed by atoms with E-state index in [0.29, 0.717) is 0 Å². The van der Waals surface area contributed by atoms with Gasteiger partial charge in [-0.2, -0.15) is 5.10 Å². The van der Waals surface area contributed by atoms with E-state index in [0.717, 1.165) is 47.9 Å². The van der Waals surface area contributed by atoms with Gasteiger partial charge in [0.25, 0.3) is 5.91 Å². The van der Waals surface area contributed by atoms with Crippen LogP contribution in [-0.2, 0) is 10.3 Å². The van der Waals surface area contributed by atoms with Gasteiger partial charge in [0, 0.05) is 29.0 Å². The van der Waals surface area contributed by atoms with Crippen molar-refractivity contribution in [3.63, 3.8) is 0 Å². The minimum absolute atomic E-state index is 0. The predicted octanol–water partition coefficient (Wildman–Crippen LogP) is 3.45. The number of benzene rings is 1. The second-order valence-corrected chi connectivity index (χ2v) is 7.58. The molecule has 0 bridgehead atoms. The van der Waals surface area contributed by atoms with E-state index in [2.05, 4.69) is 20.7 Å². The molecule has 0 unspecified atom stereocenters. The van der Waals surface area contributed by atoms with Gasteiger partial charge in [0.15, 0.2) is 0 Å². The number of hydrogen-bond donors (Lipinski definition) is 2. The summed E-state index contributed by atoms with van der Waals surface area (Å²) in [4.78, 5) is 17.6. The molecule has 0 radical (unpaired) electrons. The standard InChI is InChI=1S/C19H21N5OS.ClH/c1-14-22-17(13-26-14)15-3-5-16(6-4-15)23-18(25)19(7-10-20-11-8-19)24-12-2-9-21-24;/h2-6,9,12-13,20H,7-8,10-11H2,1H3,(H,23,25);1H. The SMILES string of the molecule is Cc1nc(-c2ccc(NC(=O)C3(n4cccn4)CCNCC3)cc2)cs1.Cl. The van der Waals surface area contributed by atoms with E-state index in [-0.39, 0.29) is 18.3 Å². The van der Waals surface area contributed by atoms with E-state index in [1.807, 2.05) is 48.8 Å². The number of rotatable bonds is 4. The van der Waals surface area contributed by atoms with E-state index in [4.69, 9.17) is 0 Å². The summed E-state index contributed by atoms with van der Waals surface area (Å²) in [5.41, 5.74) is 2.17. The zero-order valence-corrected chi connectivity index (χ0v) is 16.6. The van der Waals surface area contributed by atoms with Gasteiger partial charge in [0.2, 0.25) is 0 Å². The largest absolute Gasteiger partial charge is 0.324 e. The van der Waals surface area contributed by atoms with Gasteiger partial charge in [-0.1, -0.05) is 12.1 Å². The molecule has 2 aromatic heterocycles. The Kier molecular flexibility index (Phi) is 5.94. The highest BCUT2D eigenvalue weighted by Gasteiger charge is 2.42. The van der Waals surface area contributed by atoms with Gasteiger partial charge in [-0.05, 0) is 51.1 Å². The number of anilines is 1. The average Bonchev–Trinajstić information content (AvgIpc) is 3.35. The highest BCUT2D eigenvalue weighted by atomic mass is 35.5. The number of thiazole rings is 1. The average molecular weight is 404 g/mol. The maximum Gasteiger partial charge on any atom is 0.252 e. The number of carbonyl (C=O) groups is 1. The number of halogens is 1. The summed E-state index contributed by atoms with van der Waals surface area (Å²) in [7, 11) is 0. The van der Waals surface area contributed by atoms with Crippen molar-refractivity contribution in [2.45, 2.75) is 25.3 Å². The van der Waals surface area contributed by atoms with Crippen LogP contribution >= 0.6 is 23.7 Å². The summed E-state index contributed by atoms with van der Waals surface area (Å²) in [5, 5.41) is 13.8. The molecule has 0 aliphatic carbocycles. The highest BCUT2D eigenvalue weighted by molar-refractivity contribution is 7.09. The molecule has 27 heavy (non-hydrogen) atoms. The molecule has 0 saturated carbocycles. The Balaban J connectivity index is 0.00000210. The number of aromatic nitrogens is 3. The molecule has 3 heterocycles. The van der Waals surface area contributed by atoms with E-state index in [1.165, 1.54) is 0 Å². The van der Waals surface area contributed by atoms with Crippen LogP contribution in [0, 0.1) is 6.92 Å². The van der Waals surface area contributed by atoms with Gasteiger partial charge in [-0.15, -0.1) is 23.7 Å². The predicted molar refractivity (Wildman–Crippen MR) is 110 cm³/mol. The number of hydrogen-bond acceptors (Lipinski definition) is 5. The Hall–Kier alpha value is -2.22. The third kappa shape index (κ3) is 3.90. The molecule has 0 spiro atoms. The Morgan fingerprint density at radius 1 is 1.26 bits per heavy atom. The van der Waals surface area contributed by atoms with Gasteiger partial charge in [-0.3, -0.25) is 9.48 Å². The van der Waals surface area contributed by atoms with Crippen molar-refractivity contribution in [3.05, 3.63) is 53.1 Å². The number of nitrogens with zero attached hydrogens (tertiary/aromatic N) is 3. The van der Waals surface area contributed by atoms with Crippen LogP contribution in [0.3, 0.4) is 0 Å². The first-order chi connectivity index (χ1) is 12.7. The van der Waals surface area contributed by atoms with Crippen LogP contribution in [0.2, 0.25) is 0 Å². The molecular weight excluding hydrogens is 382 g/mol. The third-order valence-electron chi connectivity index (χ3n) is 4.85. The summed E-state index contributed by atoms with van der Waals surface area (Å²) in [6.45, 7) is 3.60. The molecule has 1 aliphatic heterocycles. The minimum atomic E-state index is -0.639. The first kappa shape index (κ1) is 19.5. The van der Waals surface area contributed by atoms with Crippen LogP contribution in [0.25, 0.3) is 11.3 Å². The monoisotopic (exact) mass is 403 g/mol. The van der Waals surface area contributed by atoms with Crippen molar-refractivity contribution in [1.82, 2.24) is 20.1 Å². The molecule has 0 atom stereocenters. The Morgan fingerprint density at radius 2 is 2.00 bits per heavy atom. The second kappa shape index (κ2) is 8.21. The van der Waals surface area contributed by atoms with E-state index < -0.39 is 5.54 Å². The van der Waals surface area contributed by atoms with Gasteiger partial charge in [0.05, 0.1) is 10.7 Å². The number of carbonyl (C=O) groups excluding carboxylic acids is 1. The fourth-order valence-corrected chi connectivity index (χ4v) is 4.01. The van der Waals surface area contributed by atoms with E-state index >= 15 is 0 Å². The van der Waals surface area contributed by atoms with Crippen LogP contribution in [0.4, 0.5) is 5.69 Å². The number of piperidine rings is 1. The van der Waals surface area contributed by atoms with Crippen LogP contribution < -0.4 is 10.6 Å². The number of aryl methyl sites for hydroxylation is 1. The van der Waals surface area contributed by atoms with E-state index in [9.17, 15) is 4.79 Å². The molecule has 4 rings (SSSR count). The molecule has 6 nitrogen and oxygen atoms in total. The second-order valence-electron chi connectivity index (χ2n) is 6.52. The quantitative estimate of drug-likeness (QED) is 0.699. The zero-order valence-electron chi connectivity index (χ0n) is 15.0. The van der Waals surface area contributed by atoms with Crippen molar-refractivity contribution in [3.8, 4) is 11.3 Å². The molecule has 1 fully saturated rings. The number of nitrogens with one attached hydrogen (secondary N) is 2. The van der Waals surface area contributed by atoms with Gasteiger partial charge < -0.3 is 10.6 Å². The third-order valence-corrected chi connectivity index (χ3v) is 5.63. The van der Waals surface area contributed by atoms with Crippen molar-refractivity contribution in [1.29, 1.82) is 0 Å². The molecule has 142 valence electrons. The zero-order chi connectivity index (χ0) is 18.0. The molecule has 2 N–H and O–H groups in total. The fraction of sp³-hybridized carbons (Fsp3) is 0.316. The topological polar surface area (TPSA) is 71.8 Å². The molecule has 1 saturated heterocycles. The summed E-state index contributed by atoms with van der Waals surface area (Å²) in [6, 6.07) is 9.71. The van der Waals surface area contributed by atoms with Crippen molar-refractivity contribution < 1.29 is 4.79 Å². The van der Waals surface area contributed by atoms with Crippen molar-refractivity contribution in [2.24, 2.45) is 0 Å². The van der Waals surface area contributed by atoms with Crippen LogP contribution in [0.15, 0.2) is 48.1 Å². The van der Waals surface area contributed by atoms with Gasteiger partial charge in [0.1, 0.15) is 5.54 Å². The smallest absolute Gasteiger partial charge is 0.252 e. The molecule has 3 aromatic rings. The Bertz CT molecular complexity index is 885. The first-order valence-corrected chi connectivity index (χ1v) is 9.60. The Morgan fingerprint density at radius 3 is 2.59 bits per heavy atom. The summed E-state index contributed by atoms with van der Waals surface area (Å²) in [6.07, 6.45) is 5.04. The number of amides is 1. The van der Waals surface area contributed by atoms with Crippen molar-refractivity contribution >= 4 is 35.3 Å². The lowest BCUT2D eigenvalue weighted by Gasteiger charge is -2.36. The van der Waals surface area contributed by atoms with Crippen LogP contribution in [0.1, 0.15) is 17.8 Å². The summed E-state index contributed by atoms with van der Waals surface area (Å²) >= 11 is 1.63. The molecular formula is C19H22ClN5OS. The van der Waals surface area contributed by atoms with Crippen molar-refractivity contribution in [2.75, 3.05) is 18.4 Å². The maximum absolute atomic E-state index is 13.1.